The van der Waals surface area contributed by atoms with Crippen molar-refractivity contribution in [1.29, 1.82) is 0 Å². The highest BCUT2D eigenvalue weighted by Gasteiger charge is 2.15. The standard InChI is InChI=1S/C15H15FO/c1-9-7-12(16)15(13(17)8-9)14-10(2)5-4-6-11(14)3/h4-8,17H,1-3H3. The van der Waals surface area contributed by atoms with Gasteiger partial charge in [0.05, 0.1) is 5.56 Å². The van der Waals surface area contributed by atoms with Gasteiger partial charge in [0.2, 0.25) is 0 Å². The van der Waals surface area contributed by atoms with Crippen molar-refractivity contribution < 1.29 is 9.50 Å². The van der Waals surface area contributed by atoms with Crippen LogP contribution in [0.1, 0.15) is 16.7 Å². The fourth-order valence-electron chi connectivity index (χ4n) is 2.18. The molecule has 2 aromatic rings. The molecule has 17 heavy (non-hydrogen) atoms. The molecule has 2 aromatic carbocycles. The second-order valence-corrected chi connectivity index (χ2v) is 4.41. The Bertz CT molecular complexity index is 530. The van der Waals surface area contributed by atoms with Crippen molar-refractivity contribution in [2.45, 2.75) is 20.8 Å². The molecule has 0 aliphatic rings. The number of hydrogen-bond acceptors (Lipinski definition) is 1. The minimum absolute atomic E-state index is 0.0000926. The summed E-state index contributed by atoms with van der Waals surface area (Å²) in [7, 11) is 0. The number of rotatable bonds is 1. The molecule has 0 aromatic heterocycles. The number of benzene rings is 2. The Labute approximate surface area is 101 Å². The minimum atomic E-state index is -0.375. The number of aryl methyl sites for hydroxylation is 3. The molecule has 0 aliphatic heterocycles. The molecule has 0 radical (unpaired) electrons. The molecule has 2 heteroatoms. The maximum Gasteiger partial charge on any atom is 0.135 e. The number of hydrogen-bond donors (Lipinski definition) is 1. The third-order valence-electron chi connectivity index (χ3n) is 2.94. The molecular weight excluding hydrogens is 215 g/mol. The van der Waals surface area contributed by atoms with E-state index in [4.69, 9.17) is 0 Å². The van der Waals surface area contributed by atoms with E-state index in [1.54, 1.807) is 13.0 Å². The first-order valence-corrected chi connectivity index (χ1v) is 5.56. The Morgan fingerprint density at radius 3 is 2.06 bits per heavy atom. The molecule has 0 amide bonds. The van der Waals surface area contributed by atoms with Crippen LogP contribution in [0.25, 0.3) is 11.1 Å². The van der Waals surface area contributed by atoms with Gasteiger partial charge in [-0.25, -0.2) is 4.39 Å². The lowest BCUT2D eigenvalue weighted by molar-refractivity contribution is 0.471. The van der Waals surface area contributed by atoms with Crippen LogP contribution in [-0.2, 0) is 0 Å². The van der Waals surface area contributed by atoms with Crippen molar-refractivity contribution in [1.82, 2.24) is 0 Å². The minimum Gasteiger partial charge on any atom is -0.507 e. The average Bonchev–Trinajstić information content (AvgIpc) is 2.21. The Balaban J connectivity index is 2.77. The van der Waals surface area contributed by atoms with Gasteiger partial charge in [-0.2, -0.15) is 0 Å². The van der Waals surface area contributed by atoms with Crippen molar-refractivity contribution in [2.75, 3.05) is 0 Å². The summed E-state index contributed by atoms with van der Waals surface area (Å²) in [4.78, 5) is 0. The SMILES string of the molecule is Cc1cc(O)c(-c2c(C)cccc2C)c(F)c1. The van der Waals surface area contributed by atoms with E-state index in [0.717, 1.165) is 22.3 Å². The first kappa shape index (κ1) is 11.6. The lowest BCUT2D eigenvalue weighted by Gasteiger charge is -2.13. The van der Waals surface area contributed by atoms with Crippen molar-refractivity contribution >= 4 is 0 Å². The van der Waals surface area contributed by atoms with E-state index in [1.807, 2.05) is 32.0 Å². The normalized spacial score (nSPS) is 10.6. The van der Waals surface area contributed by atoms with Crippen LogP contribution in [-0.4, -0.2) is 5.11 Å². The highest BCUT2D eigenvalue weighted by molar-refractivity contribution is 5.76. The zero-order valence-corrected chi connectivity index (χ0v) is 10.2. The Morgan fingerprint density at radius 2 is 1.53 bits per heavy atom. The van der Waals surface area contributed by atoms with Gasteiger partial charge in [-0.1, -0.05) is 18.2 Å². The van der Waals surface area contributed by atoms with Gasteiger partial charge in [0.1, 0.15) is 11.6 Å². The summed E-state index contributed by atoms with van der Waals surface area (Å²) >= 11 is 0. The summed E-state index contributed by atoms with van der Waals surface area (Å²) in [5.41, 5.74) is 3.72. The molecule has 0 saturated carbocycles. The molecule has 0 aliphatic carbocycles. The maximum atomic E-state index is 14.0. The topological polar surface area (TPSA) is 20.2 Å². The second-order valence-electron chi connectivity index (χ2n) is 4.41. The summed E-state index contributed by atoms with van der Waals surface area (Å²) in [5, 5.41) is 9.93. The lowest BCUT2D eigenvalue weighted by Crippen LogP contribution is -1.93. The predicted molar refractivity (Wildman–Crippen MR) is 67.7 cm³/mol. The molecule has 1 nitrogen and oxygen atoms in total. The van der Waals surface area contributed by atoms with Gasteiger partial charge in [0.25, 0.3) is 0 Å². The van der Waals surface area contributed by atoms with E-state index in [2.05, 4.69) is 0 Å². The zero-order valence-electron chi connectivity index (χ0n) is 10.2. The third-order valence-corrected chi connectivity index (χ3v) is 2.94. The van der Waals surface area contributed by atoms with Crippen LogP contribution in [0, 0.1) is 26.6 Å². The smallest absolute Gasteiger partial charge is 0.135 e. The number of aromatic hydroxyl groups is 1. The van der Waals surface area contributed by atoms with Crippen molar-refractivity contribution in [3.05, 3.63) is 52.8 Å². The van der Waals surface area contributed by atoms with Crippen molar-refractivity contribution in [2.24, 2.45) is 0 Å². The van der Waals surface area contributed by atoms with Crippen LogP contribution in [0.2, 0.25) is 0 Å². The van der Waals surface area contributed by atoms with E-state index in [0.29, 0.717) is 5.56 Å². The number of phenolic OH excluding ortho intramolecular Hbond substituents is 1. The van der Waals surface area contributed by atoms with E-state index >= 15 is 0 Å². The fourth-order valence-corrected chi connectivity index (χ4v) is 2.18. The average molecular weight is 230 g/mol. The van der Waals surface area contributed by atoms with Crippen LogP contribution in [0.3, 0.4) is 0 Å². The van der Waals surface area contributed by atoms with Gasteiger partial charge >= 0.3 is 0 Å². The molecule has 0 saturated heterocycles. The van der Waals surface area contributed by atoms with Gasteiger partial charge in [0.15, 0.2) is 0 Å². The maximum absolute atomic E-state index is 14.0. The first-order valence-electron chi connectivity index (χ1n) is 5.56. The summed E-state index contributed by atoms with van der Waals surface area (Å²) in [6, 6.07) is 8.80. The van der Waals surface area contributed by atoms with E-state index in [9.17, 15) is 9.50 Å². The molecule has 1 N–H and O–H groups in total. The molecule has 0 heterocycles. The molecule has 0 fully saturated rings. The number of halogens is 1. The van der Waals surface area contributed by atoms with Gasteiger partial charge in [-0.15, -0.1) is 0 Å². The van der Waals surface area contributed by atoms with Crippen molar-refractivity contribution in [3.63, 3.8) is 0 Å². The second kappa shape index (κ2) is 4.21. The van der Waals surface area contributed by atoms with Crippen LogP contribution < -0.4 is 0 Å². The highest BCUT2D eigenvalue weighted by Crippen LogP contribution is 2.36. The monoisotopic (exact) mass is 230 g/mol. The van der Waals surface area contributed by atoms with Crippen LogP contribution in [0.15, 0.2) is 30.3 Å². The first-order chi connectivity index (χ1) is 8.00. The summed E-state index contributed by atoms with van der Waals surface area (Å²) < 4.78 is 14.0. The van der Waals surface area contributed by atoms with E-state index < -0.39 is 0 Å². The molecule has 0 atom stereocenters. The van der Waals surface area contributed by atoms with Gasteiger partial charge in [-0.3, -0.25) is 0 Å². The molecule has 0 spiro atoms. The zero-order chi connectivity index (χ0) is 12.6. The van der Waals surface area contributed by atoms with Crippen LogP contribution >= 0.6 is 0 Å². The Kier molecular flexibility index (Phi) is 2.88. The predicted octanol–water partition coefficient (Wildman–Crippen LogP) is 4.12. The molecule has 2 rings (SSSR count). The lowest BCUT2D eigenvalue weighted by atomic mass is 9.94. The molecular formula is C15H15FO. The Morgan fingerprint density at radius 1 is 0.941 bits per heavy atom. The fraction of sp³-hybridized carbons (Fsp3) is 0.200. The summed E-state index contributed by atoms with van der Waals surface area (Å²) in [5.74, 6) is -0.375. The van der Waals surface area contributed by atoms with Gasteiger partial charge in [0, 0.05) is 0 Å². The Hall–Kier alpha value is -1.83. The van der Waals surface area contributed by atoms with Gasteiger partial charge in [-0.05, 0) is 55.2 Å². The summed E-state index contributed by atoms with van der Waals surface area (Å²) in [6.45, 7) is 5.60. The van der Waals surface area contributed by atoms with Crippen LogP contribution in [0.5, 0.6) is 5.75 Å². The largest absolute Gasteiger partial charge is 0.507 e. The quantitative estimate of drug-likeness (QED) is 0.781. The number of phenols is 1. The molecule has 88 valence electrons. The van der Waals surface area contributed by atoms with E-state index in [1.165, 1.54) is 6.07 Å². The molecule has 0 unspecified atom stereocenters. The van der Waals surface area contributed by atoms with Gasteiger partial charge < -0.3 is 5.11 Å². The van der Waals surface area contributed by atoms with Crippen LogP contribution in [0.4, 0.5) is 4.39 Å². The third kappa shape index (κ3) is 2.03. The highest BCUT2D eigenvalue weighted by atomic mass is 19.1. The summed E-state index contributed by atoms with van der Waals surface area (Å²) in [6.07, 6.45) is 0. The van der Waals surface area contributed by atoms with E-state index in [-0.39, 0.29) is 11.6 Å². The molecule has 0 bridgehead atoms. The van der Waals surface area contributed by atoms with Crippen molar-refractivity contribution in [3.8, 4) is 16.9 Å².